The molecule has 0 bridgehead atoms. The van der Waals surface area contributed by atoms with E-state index in [1.807, 2.05) is 0 Å². The molecule has 90 valence electrons. The quantitative estimate of drug-likeness (QED) is 0.863. The molecule has 1 heterocycles. The number of halogens is 2. The smallest absolute Gasteiger partial charge is 0.0760 e. The van der Waals surface area contributed by atoms with E-state index in [1.165, 1.54) is 0 Å². The highest BCUT2D eigenvalue weighted by Gasteiger charge is 2.16. The van der Waals surface area contributed by atoms with Gasteiger partial charge in [0.15, 0.2) is 0 Å². The minimum absolute atomic E-state index is 0.203. The van der Waals surface area contributed by atoms with Crippen LogP contribution in [-0.4, -0.2) is 11.5 Å². The van der Waals surface area contributed by atoms with E-state index in [0.717, 1.165) is 18.7 Å². The van der Waals surface area contributed by atoms with Gasteiger partial charge in [0.2, 0.25) is 0 Å². The average molecular weight is 261 g/mol. The van der Waals surface area contributed by atoms with Crippen LogP contribution in [0.15, 0.2) is 12.3 Å². The molecule has 0 aliphatic carbocycles. The van der Waals surface area contributed by atoms with Crippen LogP contribution >= 0.6 is 23.2 Å². The van der Waals surface area contributed by atoms with Crippen molar-refractivity contribution in [3.63, 3.8) is 0 Å². The molecule has 1 aromatic rings. The molecule has 1 unspecified atom stereocenters. The Kier molecular flexibility index (Phi) is 5.53. The number of hydrogen-bond donors (Lipinski definition) is 1. The van der Waals surface area contributed by atoms with Gasteiger partial charge in [-0.05, 0) is 24.9 Å². The van der Waals surface area contributed by atoms with Gasteiger partial charge in [-0.3, -0.25) is 4.98 Å². The van der Waals surface area contributed by atoms with Crippen molar-refractivity contribution in [3.8, 4) is 0 Å². The number of nitrogens with one attached hydrogen (secondary N) is 1. The van der Waals surface area contributed by atoms with Gasteiger partial charge in [-0.15, -0.1) is 0 Å². The lowest BCUT2D eigenvalue weighted by molar-refractivity contribution is 0.431. The molecule has 0 radical (unpaired) electrons. The third-order valence-corrected chi connectivity index (χ3v) is 2.83. The van der Waals surface area contributed by atoms with Gasteiger partial charge in [0.1, 0.15) is 0 Å². The fourth-order valence-electron chi connectivity index (χ4n) is 1.69. The summed E-state index contributed by atoms with van der Waals surface area (Å²) in [4.78, 5) is 4.32. The van der Waals surface area contributed by atoms with Gasteiger partial charge < -0.3 is 5.32 Å². The highest BCUT2D eigenvalue weighted by molar-refractivity contribution is 6.34. The molecular formula is C12H18Cl2N2. The lowest BCUT2D eigenvalue weighted by atomic mass is 10.0. The van der Waals surface area contributed by atoms with Crippen molar-refractivity contribution in [1.29, 1.82) is 0 Å². The van der Waals surface area contributed by atoms with E-state index in [9.17, 15) is 0 Å². The molecule has 16 heavy (non-hydrogen) atoms. The van der Waals surface area contributed by atoms with Crippen LogP contribution < -0.4 is 5.32 Å². The Hall–Kier alpha value is -0.310. The lowest BCUT2D eigenvalue weighted by Crippen LogP contribution is -2.23. The summed E-state index contributed by atoms with van der Waals surface area (Å²) in [6, 6.07) is 1.95. The molecule has 1 N–H and O–H groups in total. The summed E-state index contributed by atoms with van der Waals surface area (Å²) < 4.78 is 0. The first-order valence-corrected chi connectivity index (χ1v) is 6.34. The molecular weight excluding hydrogens is 243 g/mol. The number of hydrogen-bond acceptors (Lipinski definition) is 2. The molecule has 0 saturated carbocycles. The maximum atomic E-state index is 6.16. The van der Waals surface area contributed by atoms with E-state index < -0.39 is 0 Å². The molecule has 1 rings (SSSR count). The first-order valence-electron chi connectivity index (χ1n) is 5.59. The summed E-state index contributed by atoms with van der Waals surface area (Å²) in [7, 11) is 0. The molecule has 0 aromatic carbocycles. The molecule has 2 nitrogen and oxygen atoms in total. The molecule has 0 saturated heterocycles. The van der Waals surface area contributed by atoms with Crippen molar-refractivity contribution in [2.75, 3.05) is 6.54 Å². The number of aromatic nitrogens is 1. The Balaban J connectivity index is 2.91. The third kappa shape index (κ3) is 3.93. The predicted molar refractivity (Wildman–Crippen MR) is 70.1 cm³/mol. The van der Waals surface area contributed by atoms with E-state index in [0.29, 0.717) is 16.0 Å². The Labute approximate surface area is 107 Å². The SMILES string of the molecule is CCNC(CC(C)C)c1ncc(Cl)cc1Cl. The van der Waals surface area contributed by atoms with Crippen molar-refractivity contribution in [3.05, 3.63) is 28.0 Å². The predicted octanol–water partition coefficient (Wildman–Crippen LogP) is 4.09. The van der Waals surface area contributed by atoms with E-state index in [2.05, 4.69) is 31.1 Å². The van der Waals surface area contributed by atoms with Crippen LogP contribution in [0, 0.1) is 5.92 Å². The second-order valence-electron chi connectivity index (χ2n) is 4.26. The van der Waals surface area contributed by atoms with Gasteiger partial charge in [-0.2, -0.15) is 0 Å². The van der Waals surface area contributed by atoms with E-state index in [4.69, 9.17) is 23.2 Å². The van der Waals surface area contributed by atoms with Crippen molar-refractivity contribution < 1.29 is 0 Å². The second kappa shape index (κ2) is 6.43. The van der Waals surface area contributed by atoms with Crippen LogP contribution in [0.5, 0.6) is 0 Å². The normalized spacial score (nSPS) is 13.1. The zero-order valence-electron chi connectivity index (χ0n) is 9.93. The minimum atomic E-state index is 0.203. The van der Waals surface area contributed by atoms with Crippen LogP contribution in [0.3, 0.4) is 0 Å². The van der Waals surface area contributed by atoms with Crippen molar-refractivity contribution in [1.82, 2.24) is 10.3 Å². The highest BCUT2D eigenvalue weighted by atomic mass is 35.5. The van der Waals surface area contributed by atoms with Crippen LogP contribution in [0.2, 0.25) is 10.0 Å². The zero-order valence-corrected chi connectivity index (χ0v) is 11.4. The van der Waals surface area contributed by atoms with Crippen molar-refractivity contribution in [2.24, 2.45) is 5.92 Å². The van der Waals surface area contributed by atoms with Crippen LogP contribution in [0.25, 0.3) is 0 Å². The number of rotatable bonds is 5. The molecule has 0 aliphatic rings. The van der Waals surface area contributed by atoms with Gasteiger partial charge in [0, 0.05) is 6.20 Å². The van der Waals surface area contributed by atoms with E-state index in [1.54, 1.807) is 12.3 Å². The maximum Gasteiger partial charge on any atom is 0.0760 e. The third-order valence-electron chi connectivity index (χ3n) is 2.32. The fourth-order valence-corrected chi connectivity index (χ4v) is 2.20. The summed E-state index contributed by atoms with van der Waals surface area (Å²) in [6.07, 6.45) is 2.66. The Morgan fingerprint density at radius 3 is 2.56 bits per heavy atom. The van der Waals surface area contributed by atoms with Crippen LogP contribution in [0.1, 0.15) is 38.9 Å². The maximum absolute atomic E-state index is 6.16. The van der Waals surface area contributed by atoms with E-state index in [-0.39, 0.29) is 6.04 Å². The monoisotopic (exact) mass is 260 g/mol. The molecule has 0 aliphatic heterocycles. The highest BCUT2D eigenvalue weighted by Crippen LogP contribution is 2.27. The van der Waals surface area contributed by atoms with E-state index >= 15 is 0 Å². The molecule has 0 amide bonds. The van der Waals surface area contributed by atoms with Crippen molar-refractivity contribution in [2.45, 2.75) is 33.2 Å². The van der Waals surface area contributed by atoms with Gasteiger partial charge in [-0.25, -0.2) is 0 Å². The first-order chi connectivity index (χ1) is 7.54. The summed E-state index contributed by atoms with van der Waals surface area (Å²) >= 11 is 12.0. The van der Waals surface area contributed by atoms with Gasteiger partial charge in [0.25, 0.3) is 0 Å². The second-order valence-corrected chi connectivity index (χ2v) is 5.10. The van der Waals surface area contributed by atoms with Crippen LogP contribution in [0.4, 0.5) is 0 Å². The fraction of sp³-hybridized carbons (Fsp3) is 0.583. The summed E-state index contributed by atoms with van der Waals surface area (Å²) in [5.41, 5.74) is 0.890. The molecule has 1 aromatic heterocycles. The number of nitrogens with zero attached hydrogens (tertiary/aromatic N) is 1. The molecule has 1 atom stereocenters. The van der Waals surface area contributed by atoms with Crippen LogP contribution in [-0.2, 0) is 0 Å². The minimum Gasteiger partial charge on any atom is -0.309 e. The summed E-state index contributed by atoms with van der Waals surface area (Å²) in [5.74, 6) is 0.595. The van der Waals surface area contributed by atoms with Gasteiger partial charge >= 0.3 is 0 Å². The Bertz CT molecular complexity index is 340. The molecule has 0 spiro atoms. The first kappa shape index (κ1) is 13.8. The number of pyridine rings is 1. The van der Waals surface area contributed by atoms with Gasteiger partial charge in [-0.1, -0.05) is 44.0 Å². The topological polar surface area (TPSA) is 24.9 Å². The standard InChI is InChI=1S/C12H18Cl2N2/c1-4-15-11(5-8(2)3)12-10(14)6-9(13)7-16-12/h6-8,11,15H,4-5H2,1-3H3. The molecule has 4 heteroatoms. The Morgan fingerprint density at radius 2 is 2.06 bits per heavy atom. The lowest BCUT2D eigenvalue weighted by Gasteiger charge is -2.20. The average Bonchev–Trinajstić information content (AvgIpc) is 2.16. The summed E-state index contributed by atoms with van der Waals surface area (Å²) in [5, 5.41) is 4.62. The summed E-state index contributed by atoms with van der Waals surface area (Å²) in [6.45, 7) is 7.36. The largest absolute Gasteiger partial charge is 0.309 e. The zero-order chi connectivity index (χ0) is 12.1. The van der Waals surface area contributed by atoms with Crippen molar-refractivity contribution >= 4 is 23.2 Å². The van der Waals surface area contributed by atoms with Gasteiger partial charge in [0.05, 0.1) is 21.8 Å². The molecule has 0 fully saturated rings. The Morgan fingerprint density at radius 1 is 1.38 bits per heavy atom.